The van der Waals surface area contributed by atoms with Crippen LogP contribution < -0.4 is 4.72 Å². The molecule has 21 heavy (non-hydrogen) atoms. The average molecular weight is 520 g/mol. The first-order valence-corrected chi connectivity index (χ1v) is 10.4. The molecule has 2 rings (SSSR count). The van der Waals surface area contributed by atoms with Crippen LogP contribution in [0.3, 0.4) is 0 Å². The van der Waals surface area contributed by atoms with Crippen molar-refractivity contribution in [3.63, 3.8) is 0 Å². The highest BCUT2D eigenvalue weighted by Crippen LogP contribution is 2.36. The first-order chi connectivity index (χ1) is 9.83. The van der Waals surface area contributed by atoms with Gasteiger partial charge < -0.3 is 5.11 Å². The number of hydrogen-bond acceptors (Lipinski definition) is 4. The van der Waals surface area contributed by atoms with Gasteiger partial charge in [-0.15, -0.1) is 11.3 Å². The van der Waals surface area contributed by atoms with Gasteiger partial charge in [-0.25, -0.2) is 8.42 Å². The van der Waals surface area contributed by atoms with E-state index in [1.165, 1.54) is 0 Å². The van der Waals surface area contributed by atoms with Crippen LogP contribution in [0.5, 0.6) is 0 Å². The molecule has 0 saturated carbocycles. The molecule has 0 bridgehead atoms. The molecule has 114 valence electrons. The standard InChI is InChI=1S/C12H10Br3NO3S2/c13-7-5-9(14)12(10(15)6-7)16-21(18,19)11-2-1-8(20-11)3-4-17/h1-2,5-6,16-17H,3-4H2. The van der Waals surface area contributed by atoms with Crippen molar-refractivity contribution >= 4 is 74.8 Å². The van der Waals surface area contributed by atoms with Gasteiger partial charge in [-0.3, -0.25) is 4.72 Å². The van der Waals surface area contributed by atoms with Crippen molar-refractivity contribution in [1.82, 2.24) is 0 Å². The molecule has 4 nitrogen and oxygen atoms in total. The molecule has 0 unspecified atom stereocenters. The predicted octanol–water partition coefficient (Wildman–Crippen LogP) is 4.37. The molecule has 1 aromatic heterocycles. The Morgan fingerprint density at radius 2 is 1.76 bits per heavy atom. The minimum absolute atomic E-state index is 0.00274. The van der Waals surface area contributed by atoms with Crippen LogP contribution >= 0.6 is 59.1 Å². The molecule has 0 atom stereocenters. The van der Waals surface area contributed by atoms with E-state index < -0.39 is 10.0 Å². The number of sulfonamides is 1. The minimum Gasteiger partial charge on any atom is -0.396 e. The van der Waals surface area contributed by atoms with E-state index in [1.807, 2.05) is 0 Å². The summed E-state index contributed by atoms with van der Waals surface area (Å²) in [5, 5.41) is 8.89. The van der Waals surface area contributed by atoms with E-state index in [9.17, 15) is 8.42 Å². The molecule has 2 N–H and O–H groups in total. The van der Waals surface area contributed by atoms with Crippen molar-refractivity contribution in [3.8, 4) is 0 Å². The van der Waals surface area contributed by atoms with Crippen LogP contribution in [0.2, 0.25) is 0 Å². The first kappa shape index (κ1) is 17.4. The Balaban J connectivity index is 2.33. The number of nitrogens with one attached hydrogen (secondary N) is 1. The smallest absolute Gasteiger partial charge is 0.271 e. The van der Waals surface area contributed by atoms with Crippen molar-refractivity contribution in [3.05, 3.63) is 42.6 Å². The van der Waals surface area contributed by atoms with Crippen LogP contribution in [0.15, 0.2) is 41.9 Å². The molecule has 1 aromatic carbocycles. The summed E-state index contributed by atoms with van der Waals surface area (Å²) in [5.41, 5.74) is 0.440. The number of aliphatic hydroxyl groups excluding tert-OH is 1. The molecule has 0 amide bonds. The third-order valence-corrected chi connectivity index (χ3v) is 7.20. The van der Waals surface area contributed by atoms with Crippen molar-refractivity contribution in [2.24, 2.45) is 0 Å². The Kier molecular flexibility index (Phi) is 5.89. The zero-order valence-corrected chi connectivity index (χ0v) is 16.8. The van der Waals surface area contributed by atoms with Crippen LogP contribution in [0.4, 0.5) is 5.69 Å². The van der Waals surface area contributed by atoms with Gasteiger partial charge in [0.2, 0.25) is 0 Å². The van der Waals surface area contributed by atoms with E-state index >= 15 is 0 Å². The molecule has 0 saturated heterocycles. The summed E-state index contributed by atoms with van der Waals surface area (Å²) in [6.07, 6.45) is 0.450. The number of halogens is 3. The highest BCUT2D eigenvalue weighted by molar-refractivity contribution is 9.11. The van der Waals surface area contributed by atoms with E-state index in [0.717, 1.165) is 20.7 Å². The maximum Gasteiger partial charge on any atom is 0.271 e. The van der Waals surface area contributed by atoms with Crippen molar-refractivity contribution < 1.29 is 13.5 Å². The van der Waals surface area contributed by atoms with Gasteiger partial charge in [-0.05, 0) is 56.1 Å². The van der Waals surface area contributed by atoms with Crippen LogP contribution in [0.25, 0.3) is 0 Å². The van der Waals surface area contributed by atoms with Gasteiger partial charge >= 0.3 is 0 Å². The number of thiophene rings is 1. The second-order valence-corrected chi connectivity index (χ2v) is 9.75. The second-order valence-electron chi connectivity index (χ2n) is 4.04. The van der Waals surface area contributed by atoms with Crippen LogP contribution in [0, 0.1) is 0 Å². The number of benzene rings is 1. The fourth-order valence-electron chi connectivity index (χ4n) is 1.57. The molecule has 0 aliphatic carbocycles. The second kappa shape index (κ2) is 7.10. The lowest BCUT2D eigenvalue weighted by Gasteiger charge is -2.11. The van der Waals surface area contributed by atoms with Crippen LogP contribution in [0.1, 0.15) is 4.88 Å². The largest absolute Gasteiger partial charge is 0.396 e. The highest BCUT2D eigenvalue weighted by Gasteiger charge is 2.20. The lowest BCUT2D eigenvalue weighted by Crippen LogP contribution is -2.12. The maximum absolute atomic E-state index is 12.4. The third kappa shape index (κ3) is 4.29. The van der Waals surface area contributed by atoms with Gasteiger partial charge in [0.1, 0.15) is 4.21 Å². The van der Waals surface area contributed by atoms with Crippen molar-refractivity contribution in [2.45, 2.75) is 10.6 Å². The topological polar surface area (TPSA) is 66.4 Å². The van der Waals surface area contributed by atoms with E-state index in [0.29, 0.717) is 21.1 Å². The molecule has 1 heterocycles. The molecule has 0 fully saturated rings. The van der Waals surface area contributed by atoms with Crippen LogP contribution in [-0.2, 0) is 16.4 Å². The lowest BCUT2D eigenvalue weighted by atomic mass is 10.3. The third-order valence-electron chi connectivity index (χ3n) is 2.50. The minimum atomic E-state index is -3.66. The molecule has 0 spiro atoms. The van der Waals surface area contributed by atoms with Gasteiger partial charge in [0, 0.05) is 31.3 Å². The summed E-state index contributed by atoms with van der Waals surface area (Å²) in [5.74, 6) is 0. The predicted molar refractivity (Wildman–Crippen MR) is 95.5 cm³/mol. The normalized spacial score (nSPS) is 11.6. The number of aliphatic hydroxyl groups is 1. The maximum atomic E-state index is 12.4. The monoisotopic (exact) mass is 517 g/mol. The summed E-state index contributed by atoms with van der Waals surface area (Å²) in [6, 6.07) is 6.77. The Morgan fingerprint density at radius 3 is 2.33 bits per heavy atom. The molecule has 0 aliphatic rings. The van der Waals surface area contributed by atoms with E-state index in [-0.39, 0.29) is 10.8 Å². The van der Waals surface area contributed by atoms with E-state index in [4.69, 9.17) is 5.11 Å². The Labute approximate surface area is 152 Å². The zero-order chi connectivity index (χ0) is 15.6. The van der Waals surface area contributed by atoms with Gasteiger partial charge in [0.15, 0.2) is 0 Å². The summed E-state index contributed by atoms with van der Waals surface area (Å²) < 4.78 is 29.6. The highest BCUT2D eigenvalue weighted by atomic mass is 79.9. The Hall–Kier alpha value is 0.0700. The van der Waals surface area contributed by atoms with E-state index in [2.05, 4.69) is 52.5 Å². The summed E-state index contributed by atoms with van der Waals surface area (Å²) in [6.45, 7) is -0.00274. The van der Waals surface area contributed by atoms with Crippen molar-refractivity contribution in [2.75, 3.05) is 11.3 Å². The first-order valence-electron chi connectivity index (χ1n) is 5.70. The fraction of sp³-hybridized carbons (Fsp3) is 0.167. The fourth-order valence-corrected chi connectivity index (χ4v) is 6.74. The van der Waals surface area contributed by atoms with E-state index in [1.54, 1.807) is 24.3 Å². The van der Waals surface area contributed by atoms with Gasteiger partial charge in [-0.1, -0.05) is 15.9 Å². The van der Waals surface area contributed by atoms with Crippen molar-refractivity contribution in [1.29, 1.82) is 0 Å². The quantitative estimate of drug-likeness (QED) is 0.616. The molecule has 0 radical (unpaired) electrons. The van der Waals surface area contributed by atoms with Crippen LogP contribution in [-0.4, -0.2) is 20.1 Å². The number of rotatable bonds is 5. The number of hydrogen-bond donors (Lipinski definition) is 2. The molecule has 9 heteroatoms. The lowest BCUT2D eigenvalue weighted by molar-refractivity contribution is 0.300. The average Bonchev–Trinajstić information content (AvgIpc) is 2.84. The van der Waals surface area contributed by atoms with Gasteiger partial charge in [0.25, 0.3) is 10.0 Å². The van der Waals surface area contributed by atoms with Gasteiger partial charge in [0.05, 0.1) is 5.69 Å². The SMILES string of the molecule is O=S(=O)(Nc1c(Br)cc(Br)cc1Br)c1ccc(CCO)s1. The molecular formula is C12H10Br3NO3S2. The molecule has 0 aliphatic heterocycles. The molecule has 2 aromatic rings. The molecular weight excluding hydrogens is 510 g/mol. The van der Waals surface area contributed by atoms with Gasteiger partial charge in [-0.2, -0.15) is 0 Å². The zero-order valence-electron chi connectivity index (χ0n) is 10.4. The summed E-state index contributed by atoms with van der Waals surface area (Å²) in [7, 11) is -3.66. The Bertz CT molecular complexity index is 736. The summed E-state index contributed by atoms with van der Waals surface area (Å²) in [4.78, 5) is 0.826. The number of anilines is 1. The Morgan fingerprint density at radius 1 is 1.14 bits per heavy atom. The summed E-state index contributed by atoms with van der Waals surface area (Å²) >= 11 is 11.2.